The molecule has 0 atom stereocenters. The van der Waals surface area contributed by atoms with E-state index in [4.69, 9.17) is 0 Å². The predicted octanol–water partition coefficient (Wildman–Crippen LogP) is 3.27. The van der Waals surface area contributed by atoms with Crippen LogP contribution in [0.15, 0.2) is 42.7 Å². The van der Waals surface area contributed by atoms with E-state index >= 15 is 0 Å². The van der Waals surface area contributed by atoms with Gasteiger partial charge in [0.25, 0.3) is 5.91 Å². The molecule has 0 aliphatic carbocycles. The lowest BCUT2D eigenvalue weighted by Gasteiger charge is -2.12. The normalized spacial score (nSPS) is 10.6. The van der Waals surface area contributed by atoms with Crippen LogP contribution in [-0.2, 0) is 6.54 Å². The molecule has 0 saturated heterocycles. The zero-order chi connectivity index (χ0) is 14.5. The maximum atomic E-state index is 12.8. The zero-order valence-electron chi connectivity index (χ0n) is 11.6. The number of hydrogen-bond donors (Lipinski definition) is 1. The summed E-state index contributed by atoms with van der Waals surface area (Å²) in [5.74, 6) is -0.190. The molecule has 20 heavy (non-hydrogen) atoms. The standard InChI is InChI=1S/C16H17FN2O/c1-11(2)14-7-8-18-10-15(14)16(20)19-9-12-3-5-13(17)6-4-12/h3-8,10-11H,9H2,1-2H3,(H,19,20). The Hall–Kier alpha value is -2.23. The van der Waals surface area contributed by atoms with Crippen LogP contribution in [0.4, 0.5) is 4.39 Å². The molecule has 0 unspecified atom stereocenters. The molecule has 0 fully saturated rings. The summed E-state index contributed by atoms with van der Waals surface area (Å²) in [4.78, 5) is 16.2. The van der Waals surface area contributed by atoms with E-state index in [0.29, 0.717) is 12.1 Å². The van der Waals surface area contributed by atoms with Crippen molar-refractivity contribution < 1.29 is 9.18 Å². The molecule has 104 valence electrons. The Labute approximate surface area is 117 Å². The lowest BCUT2D eigenvalue weighted by Crippen LogP contribution is -2.24. The van der Waals surface area contributed by atoms with Crippen LogP contribution < -0.4 is 5.32 Å². The second kappa shape index (κ2) is 6.28. The molecule has 4 heteroatoms. The molecule has 1 aromatic carbocycles. The first-order valence-electron chi connectivity index (χ1n) is 6.54. The SMILES string of the molecule is CC(C)c1ccncc1C(=O)NCc1ccc(F)cc1. The van der Waals surface area contributed by atoms with Crippen molar-refractivity contribution in [1.82, 2.24) is 10.3 Å². The number of aromatic nitrogens is 1. The van der Waals surface area contributed by atoms with Gasteiger partial charge in [-0.15, -0.1) is 0 Å². The summed E-state index contributed by atoms with van der Waals surface area (Å²) < 4.78 is 12.8. The Morgan fingerprint density at radius 3 is 2.60 bits per heavy atom. The van der Waals surface area contributed by atoms with Crippen LogP contribution in [0.5, 0.6) is 0 Å². The van der Waals surface area contributed by atoms with Crippen molar-refractivity contribution in [2.45, 2.75) is 26.3 Å². The Morgan fingerprint density at radius 2 is 1.95 bits per heavy atom. The number of nitrogens with one attached hydrogen (secondary N) is 1. The van der Waals surface area contributed by atoms with E-state index < -0.39 is 0 Å². The summed E-state index contributed by atoms with van der Waals surface area (Å²) in [6.45, 7) is 4.43. The molecule has 0 bridgehead atoms. The highest BCUT2D eigenvalue weighted by molar-refractivity contribution is 5.95. The predicted molar refractivity (Wildman–Crippen MR) is 75.9 cm³/mol. The summed E-state index contributed by atoms with van der Waals surface area (Å²) >= 11 is 0. The molecule has 0 saturated carbocycles. The molecular weight excluding hydrogens is 255 g/mol. The fraction of sp³-hybridized carbons (Fsp3) is 0.250. The highest BCUT2D eigenvalue weighted by Gasteiger charge is 2.13. The first kappa shape index (κ1) is 14.2. The van der Waals surface area contributed by atoms with E-state index in [0.717, 1.165) is 11.1 Å². The summed E-state index contributed by atoms with van der Waals surface area (Å²) in [6, 6.07) is 7.93. The van der Waals surface area contributed by atoms with E-state index in [1.807, 2.05) is 19.9 Å². The Kier molecular flexibility index (Phi) is 4.45. The molecule has 0 spiro atoms. The highest BCUT2D eigenvalue weighted by Crippen LogP contribution is 2.18. The average molecular weight is 272 g/mol. The van der Waals surface area contributed by atoms with Gasteiger partial charge in [0, 0.05) is 18.9 Å². The molecule has 2 rings (SSSR count). The summed E-state index contributed by atoms with van der Waals surface area (Å²) in [5, 5.41) is 2.83. The van der Waals surface area contributed by atoms with Crippen LogP contribution in [0.3, 0.4) is 0 Å². The molecule has 3 nitrogen and oxygen atoms in total. The smallest absolute Gasteiger partial charge is 0.253 e. The minimum Gasteiger partial charge on any atom is -0.348 e. The van der Waals surface area contributed by atoms with Gasteiger partial charge in [-0.25, -0.2) is 4.39 Å². The number of benzene rings is 1. The Morgan fingerprint density at radius 1 is 1.25 bits per heavy atom. The minimum absolute atomic E-state index is 0.161. The number of carbonyl (C=O) groups is 1. The minimum atomic E-state index is -0.283. The maximum Gasteiger partial charge on any atom is 0.253 e. The van der Waals surface area contributed by atoms with Gasteiger partial charge >= 0.3 is 0 Å². The number of pyridine rings is 1. The fourth-order valence-corrected chi connectivity index (χ4v) is 1.98. The van der Waals surface area contributed by atoms with Crippen molar-refractivity contribution in [1.29, 1.82) is 0 Å². The molecule has 1 aromatic heterocycles. The van der Waals surface area contributed by atoms with Gasteiger partial charge in [0.15, 0.2) is 0 Å². The zero-order valence-corrected chi connectivity index (χ0v) is 11.6. The third kappa shape index (κ3) is 3.41. The first-order chi connectivity index (χ1) is 9.58. The third-order valence-corrected chi connectivity index (χ3v) is 3.09. The molecule has 1 N–H and O–H groups in total. The van der Waals surface area contributed by atoms with Crippen molar-refractivity contribution in [3.8, 4) is 0 Å². The molecule has 1 heterocycles. The molecule has 0 aliphatic heterocycles. The second-order valence-corrected chi connectivity index (χ2v) is 4.93. The van der Waals surface area contributed by atoms with Gasteiger partial charge in [-0.2, -0.15) is 0 Å². The van der Waals surface area contributed by atoms with E-state index in [1.165, 1.54) is 12.1 Å². The van der Waals surface area contributed by atoms with Crippen LogP contribution >= 0.6 is 0 Å². The topological polar surface area (TPSA) is 42.0 Å². The van der Waals surface area contributed by atoms with Gasteiger partial charge in [0.2, 0.25) is 0 Å². The second-order valence-electron chi connectivity index (χ2n) is 4.93. The summed E-state index contributed by atoms with van der Waals surface area (Å²) in [5.41, 5.74) is 2.41. The van der Waals surface area contributed by atoms with Gasteiger partial charge in [0.05, 0.1) is 5.56 Å². The number of halogens is 1. The largest absolute Gasteiger partial charge is 0.348 e. The van der Waals surface area contributed by atoms with Crippen LogP contribution in [0.25, 0.3) is 0 Å². The van der Waals surface area contributed by atoms with Crippen LogP contribution in [0.2, 0.25) is 0 Å². The van der Waals surface area contributed by atoms with Crippen molar-refractivity contribution in [3.63, 3.8) is 0 Å². The molecule has 0 radical (unpaired) electrons. The van der Waals surface area contributed by atoms with Crippen LogP contribution in [-0.4, -0.2) is 10.9 Å². The summed E-state index contributed by atoms with van der Waals surface area (Å²) in [6.07, 6.45) is 3.27. The molecule has 2 aromatic rings. The van der Waals surface area contributed by atoms with Gasteiger partial charge in [-0.05, 0) is 35.2 Å². The quantitative estimate of drug-likeness (QED) is 0.928. The van der Waals surface area contributed by atoms with E-state index in [9.17, 15) is 9.18 Å². The monoisotopic (exact) mass is 272 g/mol. The van der Waals surface area contributed by atoms with Crippen molar-refractivity contribution >= 4 is 5.91 Å². The highest BCUT2D eigenvalue weighted by atomic mass is 19.1. The molecule has 1 amide bonds. The van der Waals surface area contributed by atoms with Gasteiger partial charge in [-0.3, -0.25) is 9.78 Å². The van der Waals surface area contributed by atoms with Gasteiger partial charge in [-0.1, -0.05) is 26.0 Å². The lowest BCUT2D eigenvalue weighted by atomic mass is 9.99. The lowest BCUT2D eigenvalue weighted by molar-refractivity contribution is 0.0949. The van der Waals surface area contributed by atoms with E-state index in [2.05, 4.69) is 10.3 Å². The molecule has 0 aliphatic rings. The number of carbonyl (C=O) groups excluding carboxylic acids is 1. The number of amides is 1. The number of rotatable bonds is 4. The van der Waals surface area contributed by atoms with Gasteiger partial charge < -0.3 is 5.32 Å². The maximum absolute atomic E-state index is 12.8. The third-order valence-electron chi connectivity index (χ3n) is 3.09. The number of hydrogen-bond acceptors (Lipinski definition) is 2. The molecular formula is C16H17FN2O. The average Bonchev–Trinajstić information content (AvgIpc) is 2.46. The van der Waals surface area contributed by atoms with Crippen molar-refractivity contribution in [2.24, 2.45) is 0 Å². The van der Waals surface area contributed by atoms with Crippen LogP contribution in [0.1, 0.15) is 41.3 Å². The first-order valence-corrected chi connectivity index (χ1v) is 6.54. The Bertz CT molecular complexity index is 594. The fourth-order valence-electron chi connectivity index (χ4n) is 1.98. The van der Waals surface area contributed by atoms with E-state index in [-0.39, 0.29) is 17.6 Å². The Balaban J connectivity index is 2.07. The summed E-state index contributed by atoms with van der Waals surface area (Å²) in [7, 11) is 0. The number of nitrogens with zero attached hydrogens (tertiary/aromatic N) is 1. The van der Waals surface area contributed by atoms with E-state index in [1.54, 1.807) is 24.5 Å². The van der Waals surface area contributed by atoms with Crippen molar-refractivity contribution in [2.75, 3.05) is 0 Å². The van der Waals surface area contributed by atoms with Crippen LogP contribution in [0, 0.1) is 5.82 Å². The van der Waals surface area contributed by atoms with Gasteiger partial charge in [0.1, 0.15) is 5.82 Å². The van der Waals surface area contributed by atoms with Crippen molar-refractivity contribution in [3.05, 3.63) is 65.2 Å².